The molecule has 0 aliphatic carbocycles. The van der Waals surface area contributed by atoms with Crippen molar-refractivity contribution >= 4 is 75.4 Å². The van der Waals surface area contributed by atoms with Crippen LogP contribution in [0.1, 0.15) is 75.7 Å². The Balaban J connectivity index is 0.000000176. The standard InChI is InChI=1S/C26H19Cl2F3N4O2.C24H17Cl2F3N4O/c1-15(36)33-24-22-6-5-16(8-17(22)13-35(24)14-21-4-2-3-7-32-21)23-12-25(37-34-23,26(29,30)31)18-9-19(27)11-20(28)10-18;25-17-8-16(9-18(26)10-17)23(24(27,28)29)11-21(32-34-23)14-4-5-20-15(7-14)12-33(22(20)30)13-19-3-1-2-6-31-19/h2-11H,12-14H2,1H3;1-10,30H,11-13H2. The number of alkyl halides is 6. The van der Waals surface area contributed by atoms with Gasteiger partial charge in [-0.25, -0.2) is 0 Å². The molecule has 4 aliphatic rings. The fraction of sp³-hybridized carbons (Fsp3) is 0.220. The van der Waals surface area contributed by atoms with Crippen molar-refractivity contribution in [3.8, 4) is 0 Å². The summed E-state index contributed by atoms with van der Waals surface area (Å²) in [6.07, 6.45) is -7.26. The molecular formula is C50H36Cl4F6N8O3. The van der Waals surface area contributed by atoms with E-state index in [9.17, 15) is 31.1 Å². The number of halogens is 10. The summed E-state index contributed by atoms with van der Waals surface area (Å²) in [5, 5.41) is 16.4. The number of amides is 1. The smallest absolute Gasteiger partial charge is 0.374 e. The molecule has 1 amide bonds. The van der Waals surface area contributed by atoms with Crippen molar-refractivity contribution in [2.24, 2.45) is 15.3 Å². The van der Waals surface area contributed by atoms with Crippen LogP contribution >= 0.6 is 46.4 Å². The Hall–Kier alpha value is -6.53. The molecule has 0 saturated heterocycles. The minimum absolute atomic E-state index is 0.0611. The van der Waals surface area contributed by atoms with Crippen LogP contribution in [0.15, 0.2) is 137 Å². The number of aliphatic imine (C=N–C) groups is 1. The van der Waals surface area contributed by atoms with Crippen LogP contribution in [-0.4, -0.2) is 61.1 Å². The Morgan fingerprint density at radius 2 is 1.07 bits per heavy atom. The second kappa shape index (κ2) is 19.2. The van der Waals surface area contributed by atoms with Gasteiger partial charge in [0, 0.05) is 87.6 Å². The number of aromatic nitrogens is 2. The van der Waals surface area contributed by atoms with Gasteiger partial charge in [0.15, 0.2) is 0 Å². The van der Waals surface area contributed by atoms with E-state index in [1.165, 1.54) is 43.3 Å². The number of hydrogen-bond donors (Lipinski definition) is 1. The molecule has 6 aromatic rings. The molecule has 0 saturated carbocycles. The summed E-state index contributed by atoms with van der Waals surface area (Å²) in [5.41, 5.74) is 0.107. The molecule has 0 fully saturated rings. The average molecular weight is 1050 g/mol. The molecule has 4 aliphatic heterocycles. The normalized spacial score (nSPS) is 19.9. The van der Waals surface area contributed by atoms with Crippen molar-refractivity contribution in [3.63, 3.8) is 0 Å². The van der Waals surface area contributed by atoms with Crippen LogP contribution in [0.3, 0.4) is 0 Å². The van der Waals surface area contributed by atoms with Gasteiger partial charge in [0.05, 0.1) is 35.9 Å². The number of amidine groups is 2. The zero-order valence-corrected chi connectivity index (χ0v) is 39.9. The number of rotatable bonds is 8. The van der Waals surface area contributed by atoms with E-state index in [1.807, 2.05) is 46.2 Å². The third kappa shape index (κ3) is 9.92. The van der Waals surface area contributed by atoms with E-state index in [0.717, 1.165) is 33.6 Å². The summed E-state index contributed by atoms with van der Waals surface area (Å²) in [6, 6.07) is 28.9. The van der Waals surface area contributed by atoms with Gasteiger partial charge >= 0.3 is 12.4 Å². The number of benzene rings is 4. The van der Waals surface area contributed by atoms with Crippen LogP contribution < -0.4 is 0 Å². The van der Waals surface area contributed by atoms with E-state index in [-0.39, 0.29) is 48.5 Å². The van der Waals surface area contributed by atoms with Crippen molar-refractivity contribution in [2.45, 2.75) is 69.5 Å². The van der Waals surface area contributed by atoms with Crippen molar-refractivity contribution in [1.29, 1.82) is 5.41 Å². The quantitative estimate of drug-likeness (QED) is 0.150. The molecule has 2 atom stereocenters. The maximum absolute atomic E-state index is 14.4. The van der Waals surface area contributed by atoms with E-state index in [2.05, 4.69) is 25.3 Å². The number of carbonyl (C=O) groups is 1. The van der Waals surface area contributed by atoms with Crippen LogP contribution in [0.2, 0.25) is 20.1 Å². The second-order valence-corrected chi connectivity index (χ2v) is 18.7. The van der Waals surface area contributed by atoms with Gasteiger partial charge in [0.2, 0.25) is 5.91 Å². The average Bonchev–Trinajstić information content (AvgIpc) is 4.11. The van der Waals surface area contributed by atoms with Crippen molar-refractivity contribution in [3.05, 3.63) is 198 Å². The molecule has 1 N–H and O–H groups in total. The van der Waals surface area contributed by atoms with Gasteiger partial charge in [-0.3, -0.25) is 20.2 Å². The highest BCUT2D eigenvalue weighted by Crippen LogP contribution is 2.51. The van der Waals surface area contributed by atoms with Gasteiger partial charge in [0.1, 0.15) is 11.7 Å². The van der Waals surface area contributed by atoms with Crippen molar-refractivity contribution in [1.82, 2.24) is 19.8 Å². The number of nitrogens with zero attached hydrogens (tertiary/aromatic N) is 7. The first kappa shape index (κ1) is 49.5. The molecule has 21 heteroatoms. The monoisotopic (exact) mass is 1050 g/mol. The summed E-state index contributed by atoms with van der Waals surface area (Å²) in [4.78, 5) is 38.6. The van der Waals surface area contributed by atoms with Gasteiger partial charge < -0.3 is 19.5 Å². The molecule has 0 bridgehead atoms. The first-order chi connectivity index (χ1) is 33.7. The van der Waals surface area contributed by atoms with Gasteiger partial charge in [-0.15, -0.1) is 0 Å². The third-order valence-corrected chi connectivity index (χ3v) is 13.0. The van der Waals surface area contributed by atoms with Crippen LogP contribution in [-0.2, 0) is 51.9 Å². The Morgan fingerprint density at radius 1 is 0.634 bits per heavy atom. The Morgan fingerprint density at radius 3 is 1.51 bits per heavy atom. The van der Waals surface area contributed by atoms with Crippen molar-refractivity contribution < 1.29 is 40.8 Å². The third-order valence-electron chi connectivity index (χ3n) is 12.2. The zero-order chi connectivity index (χ0) is 50.5. The lowest BCUT2D eigenvalue weighted by Crippen LogP contribution is -2.42. The lowest BCUT2D eigenvalue weighted by molar-refractivity contribution is -0.276. The predicted molar refractivity (Wildman–Crippen MR) is 257 cm³/mol. The topological polar surface area (TPSA) is 129 Å². The minimum atomic E-state index is -4.79. The molecular weight excluding hydrogens is 1020 g/mol. The van der Waals surface area contributed by atoms with Crippen molar-refractivity contribution in [2.75, 3.05) is 0 Å². The summed E-state index contributed by atoms with van der Waals surface area (Å²) < 4.78 is 85.9. The number of hydrogen-bond acceptors (Lipinski definition) is 8. The largest absolute Gasteiger partial charge is 0.435 e. The highest BCUT2D eigenvalue weighted by Gasteiger charge is 2.63. The number of nitrogens with one attached hydrogen (secondary N) is 1. The molecule has 4 aromatic carbocycles. The Bertz CT molecular complexity index is 3140. The molecule has 11 nitrogen and oxygen atoms in total. The summed E-state index contributed by atoms with van der Waals surface area (Å²) in [5.74, 6) is 0.471. The van der Waals surface area contributed by atoms with E-state index in [1.54, 1.807) is 48.8 Å². The Kier molecular flexibility index (Phi) is 13.4. The van der Waals surface area contributed by atoms with Crippen LogP contribution in [0, 0.1) is 5.41 Å². The maximum Gasteiger partial charge on any atom is 0.435 e. The van der Waals surface area contributed by atoms with E-state index >= 15 is 0 Å². The molecule has 2 unspecified atom stereocenters. The molecule has 364 valence electrons. The fourth-order valence-corrected chi connectivity index (χ4v) is 9.83. The summed E-state index contributed by atoms with van der Waals surface area (Å²) in [6.45, 7) is 3.07. The van der Waals surface area contributed by atoms with Gasteiger partial charge in [-0.05, 0) is 95.1 Å². The number of pyridine rings is 2. The molecule has 10 rings (SSSR count). The fourth-order valence-electron chi connectivity index (χ4n) is 8.77. The number of carbonyl (C=O) groups excluding carboxylic acids is 1. The van der Waals surface area contributed by atoms with Gasteiger partial charge in [0.25, 0.3) is 11.2 Å². The second-order valence-electron chi connectivity index (χ2n) is 17.0. The molecule has 71 heavy (non-hydrogen) atoms. The maximum atomic E-state index is 14.4. The van der Waals surface area contributed by atoms with E-state index < -0.39 is 36.4 Å². The molecule has 0 spiro atoms. The highest BCUT2D eigenvalue weighted by atomic mass is 35.5. The van der Waals surface area contributed by atoms with Gasteiger partial charge in [-0.2, -0.15) is 31.3 Å². The zero-order valence-electron chi connectivity index (χ0n) is 36.9. The van der Waals surface area contributed by atoms with Crippen LogP contribution in [0.5, 0.6) is 0 Å². The lowest BCUT2D eigenvalue weighted by Gasteiger charge is -2.29. The first-order valence-electron chi connectivity index (χ1n) is 21.5. The van der Waals surface area contributed by atoms with Crippen LogP contribution in [0.25, 0.3) is 0 Å². The van der Waals surface area contributed by atoms with E-state index in [0.29, 0.717) is 49.0 Å². The lowest BCUT2D eigenvalue weighted by atomic mass is 9.86. The Labute approximate surface area is 421 Å². The first-order valence-corrected chi connectivity index (χ1v) is 23.0. The molecule has 0 radical (unpaired) electrons. The summed E-state index contributed by atoms with van der Waals surface area (Å²) >= 11 is 23.9. The number of fused-ring (bicyclic) bond motifs is 2. The SMILES string of the molecule is CC(=O)N=C1c2ccc(C3=NOC(c4cc(Cl)cc(Cl)c4)(C(F)(F)F)C3)cc2CN1Cc1ccccn1.N=C1c2ccc(C3=NOC(c4cc(Cl)cc(Cl)c4)(C(F)(F)F)C3)cc2CN1Cc1ccccn1. The number of oxime groups is 2. The highest BCUT2D eigenvalue weighted by molar-refractivity contribution is 6.35. The molecule has 6 heterocycles. The van der Waals surface area contributed by atoms with Crippen LogP contribution in [0.4, 0.5) is 26.3 Å². The van der Waals surface area contributed by atoms with Gasteiger partial charge in [-0.1, -0.05) is 93.1 Å². The van der Waals surface area contributed by atoms with E-state index in [4.69, 9.17) is 61.5 Å². The predicted octanol–water partition coefficient (Wildman–Crippen LogP) is 12.6. The minimum Gasteiger partial charge on any atom is -0.374 e. The summed E-state index contributed by atoms with van der Waals surface area (Å²) in [7, 11) is 0. The molecule has 2 aromatic heterocycles.